The maximum absolute atomic E-state index is 3.52. The van der Waals surface area contributed by atoms with E-state index in [9.17, 15) is 0 Å². The van der Waals surface area contributed by atoms with Crippen molar-refractivity contribution in [3.8, 4) is 22.9 Å². The molecule has 142 valence electrons. The monoisotopic (exact) mass is 398 g/mol. The SMILES string of the molecule is C[Si](C)(C)C#CCc1cc2cc3ccccc3cc2cc1CC#C[Si](C)(C)C. The summed E-state index contributed by atoms with van der Waals surface area (Å²) in [4.78, 5) is 0. The topological polar surface area (TPSA) is 0 Å². The minimum atomic E-state index is -1.35. The van der Waals surface area contributed by atoms with Crippen molar-refractivity contribution in [2.24, 2.45) is 0 Å². The molecule has 3 rings (SSSR count). The fraction of sp³-hybridized carbons (Fsp3) is 0.308. The van der Waals surface area contributed by atoms with Crippen molar-refractivity contribution >= 4 is 37.7 Å². The van der Waals surface area contributed by atoms with E-state index >= 15 is 0 Å². The molecule has 0 fully saturated rings. The van der Waals surface area contributed by atoms with Gasteiger partial charge in [0.15, 0.2) is 0 Å². The van der Waals surface area contributed by atoms with E-state index in [0.29, 0.717) is 0 Å². The van der Waals surface area contributed by atoms with E-state index in [2.05, 4.69) is 111 Å². The summed E-state index contributed by atoms with van der Waals surface area (Å²) in [5.41, 5.74) is 9.69. The highest BCUT2D eigenvalue weighted by Crippen LogP contribution is 2.26. The molecule has 28 heavy (non-hydrogen) atoms. The van der Waals surface area contributed by atoms with Crippen LogP contribution in [-0.4, -0.2) is 16.1 Å². The lowest BCUT2D eigenvalue weighted by Crippen LogP contribution is -2.16. The highest BCUT2D eigenvalue weighted by Gasteiger charge is 2.10. The highest BCUT2D eigenvalue weighted by molar-refractivity contribution is 6.84. The first-order valence-corrected chi connectivity index (χ1v) is 17.1. The lowest BCUT2D eigenvalue weighted by molar-refractivity contribution is 1.20. The predicted octanol–water partition coefficient (Wildman–Crippen LogP) is 6.84. The maximum Gasteiger partial charge on any atom is 0.129 e. The van der Waals surface area contributed by atoms with Crippen molar-refractivity contribution in [2.45, 2.75) is 52.1 Å². The van der Waals surface area contributed by atoms with Gasteiger partial charge in [0.1, 0.15) is 16.1 Å². The molecule has 0 spiro atoms. The quantitative estimate of drug-likeness (QED) is 0.252. The molecule has 0 heterocycles. The summed E-state index contributed by atoms with van der Waals surface area (Å²) in [6.07, 6.45) is 1.63. The van der Waals surface area contributed by atoms with Crippen molar-refractivity contribution < 1.29 is 0 Å². The molecule has 3 aromatic rings. The number of hydrogen-bond acceptors (Lipinski definition) is 0. The lowest BCUT2D eigenvalue weighted by Gasteiger charge is -2.10. The maximum atomic E-state index is 3.52. The summed E-state index contributed by atoms with van der Waals surface area (Å²) < 4.78 is 0. The molecule has 0 saturated heterocycles. The van der Waals surface area contributed by atoms with Gasteiger partial charge in [-0.05, 0) is 56.9 Å². The summed E-state index contributed by atoms with van der Waals surface area (Å²) in [7, 11) is -2.70. The summed E-state index contributed by atoms with van der Waals surface area (Å²) >= 11 is 0. The lowest BCUT2D eigenvalue weighted by atomic mass is 9.95. The molecule has 0 N–H and O–H groups in total. The molecule has 0 bridgehead atoms. The third-order valence-electron chi connectivity index (χ3n) is 4.51. The zero-order chi connectivity index (χ0) is 20.4. The van der Waals surface area contributed by atoms with Crippen LogP contribution in [0.15, 0.2) is 48.5 Å². The Labute approximate surface area is 172 Å². The fourth-order valence-electron chi connectivity index (χ4n) is 3.22. The van der Waals surface area contributed by atoms with Gasteiger partial charge < -0.3 is 0 Å². The average molecular weight is 399 g/mol. The highest BCUT2D eigenvalue weighted by atomic mass is 28.3. The molecule has 0 aliphatic carbocycles. The molecule has 0 amide bonds. The largest absolute Gasteiger partial charge is 0.132 e. The molecular weight excluding hydrogens is 368 g/mol. The van der Waals surface area contributed by atoms with E-state index in [0.717, 1.165) is 12.8 Å². The van der Waals surface area contributed by atoms with Gasteiger partial charge in [-0.25, -0.2) is 0 Å². The third-order valence-corrected chi connectivity index (χ3v) is 6.36. The van der Waals surface area contributed by atoms with Gasteiger partial charge in [0, 0.05) is 12.8 Å². The molecule has 0 atom stereocenters. The Morgan fingerprint density at radius 2 is 0.964 bits per heavy atom. The van der Waals surface area contributed by atoms with Crippen LogP contribution in [0.4, 0.5) is 0 Å². The Hall–Kier alpha value is -2.27. The second kappa shape index (κ2) is 8.00. The van der Waals surface area contributed by atoms with Crippen molar-refractivity contribution in [3.05, 3.63) is 59.7 Å². The van der Waals surface area contributed by atoms with Crippen LogP contribution in [0.3, 0.4) is 0 Å². The first kappa shape index (κ1) is 20.5. The normalized spacial score (nSPS) is 11.6. The predicted molar refractivity (Wildman–Crippen MR) is 131 cm³/mol. The van der Waals surface area contributed by atoms with Gasteiger partial charge in [-0.3, -0.25) is 0 Å². The van der Waals surface area contributed by atoms with Crippen molar-refractivity contribution in [2.75, 3.05) is 0 Å². The van der Waals surface area contributed by atoms with Crippen molar-refractivity contribution in [1.29, 1.82) is 0 Å². The summed E-state index contributed by atoms with van der Waals surface area (Å²) in [5.74, 6) is 6.93. The van der Waals surface area contributed by atoms with Gasteiger partial charge in [0.25, 0.3) is 0 Å². The smallest absolute Gasteiger partial charge is 0.129 e. The Kier molecular flexibility index (Phi) is 5.85. The Morgan fingerprint density at radius 1 is 0.571 bits per heavy atom. The van der Waals surface area contributed by atoms with Crippen LogP contribution in [-0.2, 0) is 12.8 Å². The molecule has 0 aliphatic rings. The molecule has 0 aromatic heterocycles. The van der Waals surface area contributed by atoms with E-state index in [4.69, 9.17) is 0 Å². The second-order valence-corrected chi connectivity index (χ2v) is 19.1. The van der Waals surface area contributed by atoms with Gasteiger partial charge in [-0.1, -0.05) is 63.5 Å². The Balaban J connectivity index is 2.08. The molecule has 0 saturated carbocycles. The molecular formula is C26H30Si2. The molecule has 0 aliphatic heterocycles. The Bertz CT molecular complexity index is 1040. The van der Waals surface area contributed by atoms with Gasteiger partial charge in [-0.2, -0.15) is 0 Å². The van der Waals surface area contributed by atoms with Gasteiger partial charge >= 0.3 is 0 Å². The number of benzene rings is 3. The van der Waals surface area contributed by atoms with Gasteiger partial charge in [-0.15, -0.1) is 22.9 Å². The van der Waals surface area contributed by atoms with E-state index < -0.39 is 16.1 Å². The molecule has 2 heteroatoms. The molecule has 0 unspecified atom stereocenters. The van der Waals surface area contributed by atoms with Crippen LogP contribution in [0.2, 0.25) is 39.3 Å². The van der Waals surface area contributed by atoms with Crippen LogP contribution >= 0.6 is 0 Å². The first-order valence-electron chi connectivity index (χ1n) is 10.1. The van der Waals surface area contributed by atoms with Gasteiger partial charge in [0.05, 0.1) is 0 Å². The molecule has 0 nitrogen and oxygen atoms in total. The van der Waals surface area contributed by atoms with E-state index in [1.807, 2.05) is 0 Å². The Morgan fingerprint density at radius 3 is 1.32 bits per heavy atom. The number of fused-ring (bicyclic) bond motifs is 2. The zero-order valence-electron chi connectivity index (χ0n) is 18.0. The van der Waals surface area contributed by atoms with Crippen LogP contribution in [0.5, 0.6) is 0 Å². The third kappa shape index (κ3) is 5.62. The second-order valence-electron chi connectivity index (χ2n) is 9.62. The number of hydrogen-bond donors (Lipinski definition) is 0. The summed E-state index contributed by atoms with van der Waals surface area (Å²) in [6.45, 7) is 13.8. The minimum absolute atomic E-state index is 0.816. The zero-order valence-corrected chi connectivity index (χ0v) is 20.0. The van der Waals surface area contributed by atoms with Crippen LogP contribution in [0, 0.1) is 22.9 Å². The standard InChI is InChI=1S/C26H30Si2/c1-27(2,3)15-9-13-23-19-25-17-21-11-7-8-12-22(21)18-26(25)20-24(23)14-10-16-28(4,5)6/h7-8,11-12,17-20H,13-14H2,1-6H3. The van der Waals surface area contributed by atoms with Gasteiger partial charge in [0.2, 0.25) is 0 Å². The van der Waals surface area contributed by atoms with Crippen LogP contribution < -0.4 is 0 Å². The summed E-state index contributed by atoms with van der Waals surface area (Å²) in [6, 6.07) is 17.9. The fourth-order valence-corrected chi connectivity index (χ4v) is 4.46. The van der Waals surface area contributed by atoms with E-state index in [1.54, 1.807) is 0 Å². The first-order chi connectivity index (χ1) is 13.1. The minimum Gasteiger partial charge on any atom is -0.132 e. The molecule has 0 radical (unpaired) electrons. The average Bonchev–Trinajstić information content (AvgIpc) is 2.58. The van der Waals surface area contributed by atoms with E-state index in [1.165, 1.54) is 32.7 Å². The molecule has 3 aromatic carbocycles. The van der Waals surface area contributed by atoms with Crippen LogP contribution in [0.1, 0.15) is 11.1 Å². The van der Waals surface area contributed by atoms with Crippen molar-refractivity contribution in [1.82, 2.24) is 0 Å². The number of rotatable bonds is 2. The van der Waals surface area contributed by atoms with E-state index in [-0.39, 0.29) is 0 Å². The summed E-state index contributed by atoms with van der Waals surface area (Å²) in [5, 5.41) is 5.18. The van der Waals surface area contributed by atoms with Crippen molar-refractivity contribution in [3.63, 3.8) is 0 Å². The van der Waals surface area contributed by atoms with Crippen LogP contribution in [0.25, 0.3) is 21.5 Å².